The minimum absolute atomic E-state index is 0.191. The van der Waals surface area contributed by atoms with E-state index in [0.29, 0.717) is 25.3 Å². The van der Waals surface area contributed by atoms with Crippen LogP contribution in [0.2, 0.25) is 0 Å². The molecule has 0 amide bonds. The molecule has 0 radical (unpaired) electrons. The summed E-state index contributed by atoms with van der Waals surface area (Å²) in [6.45, 7) is 6.54. The first-order chi connectivity index (χ1) is 9.01. The lowest BCUT2D eigenvalue weighted by Crippen LogP contribution is -2.33. The Morgan fingerprint density at radius 2 is 2.11 bits per heavy atom. The van der Waals surface area contributed by atoms with E-state index < -0.39 is 10.0 Å². The Morgan fingerprint density at radius 1 is 1.37 bits per heavy atom. The van der Waals surface area contributed by atoms with E-state index >= 15 is 0 Å². The van der Waals surface area contributed by atoms with Gasteiger partial charge >= 0.3 is 0 Å². The number of nitrogens with one attached hydrogen (secondary N) is 2. The van der Waals surface area contributed by atoms with Gasteiger partial charge in [0.1, 0.15) is 4.90 Å². The summed E-state index contributed by atoms with van der Waals surface area (Å²) < 4.78 is 27.0. The summed E-state index contributed by atoms with van der Waals surface area (Å²) in [5.41, 5.74) is 0.578. The van der Waals surface area contributed by atoms with Crippen molar-refractivity contribution in [3.05, 3.63) is 18.5 Å². The first-order valence-electron chi connectivity index (χ1n) is 6.37. The Hall–Kier alpha value is -1.18. The molecule has 0 aliphatic carbocycles. The van der Waals surface area contributed by atoms with Crippen LogP contribution in [0.3, 0.4) is 0 Å². The van der Waals surface area contributed by atoms with Gasteiger partial charge in [0.15, 0.2) is 0 Å². The number of aromatic nitrogens is 1. The fourth-order valence-electron chi connectivity index (χ4n) is 1.54. The summed E-state index contributed by atoms with van der Waals surface area (Å²) in [6.07, 6.45) is 2.94. The van der Waals surface area contributed by atoms with Gasteiger partial charge < -0.3 is 10.2 Å². The minimum Gasteiger partial charge on any atom is -0.384 e. The highest BCUT2D eigenvalue weighted by atomic mass is 32.2. The Morgan fingerprint density at radius 3 is 2.74 bits per heavy atom. The summed E-state index contributed by atoms with van der Waals surface area (Å²) in [6, 6.07) is 1.66. The van der Waals surface area contributed by atoms with E-state index in [1.807, 2.05) is 25.8 Å². The maximum absolute atomic E-state index is 12.2. The SMILES string of the molecule is CCNc1ccncc1S(=O)(=O)NCCN(C)CC. The maximum atomic E-state index is 12.2. The molecular weight excluding hydrogens is 264 g/mol. The van der Waals surface area contributed by atoms with Crippen molar-refractivity contribution in [3.63, 3.8) is 0 Å². The molecule has 0 bridgehead atoms. The molecule has 1 aromatic rings. The van der Waals surface area contributed by atoms with Crippen molar-refractivity contribution in [3.8, 4) is 0 Å². The van der Waals surface area contributed by atoms with Crippen molar-refractivity contribution in [2.75, 3.05) is 38.5 Å². The van der Waals surface area contributed by atoms with Gasteiger partial charge in [-0.2, -0.15) is 0 Å². The van der Waals surface area contributed by atoms with Gasteiger partial charge in [0.2, 0.25) is 10.0 Å². The van der Waals surface area contributed by atoms with Crippen molar-refractivity contribution >= 4 is 15.7 Å². The van der Waals surface area contributed by atoms with Gasteiger partial charge in [-0.3, -0.25) is 4.98 Å². The number of hydrogen-bond acceptors (Lipinski definition) is 5. The number of sulfonamides is 1. The number of rotatable bonds is 8. The van der Waals surface area contributed by atoms with Gasteiger partial charge in [0.05, 0.1) is 5.69 Å². The van der Waals surface area contributed by atoms with Crippen molar-refractivity contribution in [2.24, 2.45) is 0 Å². The molecule has 2 N–H and O–H groups in total. The van der Waals surface area contributed by atoms with Crippen molar-refractivity contribution in [2.45, 2.75) is 18.7 Å². The van der Waals surface area contributed by atoms with Crippen molar-refractivity contribution in [1.29, 1.82) is 0 Å². The molecular formula is C12H22N4O2S. The second-order valence-corrected chi connectivity index (χ2v) is 5.93. The normalized spacial score (nSPS) is 11.8. The molecule has 1 heterocycles. The van der Waals surface area contributed by atoms with E-state index in [1.54, 1.807) is 12.3 Å². The van der Waals surface area contributed by atoms with Gasteiger partial charge in [0, 0.05) is 32.0 Å². The maximum Gasteiger partial charge on any atom is 0.244 e. The second-order valence-electron chi connectivity index (χ2n) is 4.20. The molecule has 0 fully saturated rings. The zero-order valence-corrected chi connectivity index (χ0v) is 12.5. The van der Waals surface area contributed by atoms with Gasteiger partial charge in [0.25, 0.3) is 0 Å². The lowest BCUT2D eigenvalue weighted by molar-refractivity contribution is 0.358. The predicted octanol–water partition coefficient (Wildman–Crippen LogP) is 0.743. The molecule has 0 saturated carbocycles. The Kier molecular flexibility index (Phi) is 6.20. The molecule has 0 aliphatic rings. The smallest absolute Gasteiger partial charge is 0.244 e. The monoisotopic (exact) mass is 286 g/mol. The number of likely N-dealkylation sites (N-methyl/N-ethyl adjacent to an activating group) is 1. The van der Waals surface area contributed by atoms with Crippen LogP contribution < -0.4 is 10.0 Å². The second kappa shape index (κ2) is 7.42. The molecule has 1 rings (SSSR count). The van der Waals surface area contributed by atoms with Crippen LogP contribution in [0.4, 0.5) is 5.69 Å². The Bertz CT molecular complexity index is 490. The van der Waals surface area contributed by atoms with Crippen LogP contribution >= 0.6 is 0 Å². The molecule has 7 heteroatoms. The van der Waals surface area contributed by atoms with Gasteiger partial charge in [-0.05, 0) is 26.6 Å². The zero-order valence-electron chi connectivity index (χ0n) is 11.7. The number of hydrogen-bond donors (Lipinski definition) is 2. The van der Waals surface area contributed by atoms with Crippen molar-refractivity contribution in [1.82, 2.24) is 14.6 Å². The highest BCUT2D eigenvalue weighted by molar-refractivity contribution is 7.89. The average molecular weight is 286 g/mol. The molecule has 0 aromatic carbocycles. The lowest BCUT2D eigenvalue weighted by atomic mass is 10.4. The van der Waals surface area contributed by atoms with E-state index in [0.717, 1.165) is 6.54 Å². The first-order valence-corrected chi connectivity index (χ1v) is 7.85. The minimum atomic E-state index is -3.52. The third kappa shape index (κ3) is 4.77. The fraction of sp³-hybridized carbons (Fsp3) is 0.583. The van der Waals surface area contributed by atoms with Gasteiger partial charge in [-0.15, -0.1) is 0 Å². The molecule has 0 aliphatic heterocycles. The summed E-state index contributed by atoms with van der Waals surface area (Å²) in [4.78, 5) is 6.11. The number of anilines is 1. The predicted molar refractivity (Wildman–Crippen MR) is 76.8 cm³/mol. The highest BCUT2D eigenvalue weighted by Crippen LogP contribution is 2.18. The van der Waals surface area contributed by atoms with E-state index in [9.17, 15) is 8.42 Å². The zero-order chi connectivity index (χ0) is 14.3. The largest absolute Gasteiger partial charge is 0.384 e. The van der Waals surface area contributed by atoms with Crippen LogP contribution in [-0.2, 0) is 10.0 Å². The van der Waals surface area contributed by atoms with Crippen LogP contribution in [0.25, 0.3) is 0 Å². The molecule has 108 valence electrons. The molecule has 0 atom stereocenters. The highest BCUT2D eigenvalue weighted by Gasteiger charge is 2.18. The molecule has 6 nitrogen and oxygen atoms in total. The first kappa shape index (κ1) is 15.9. The van der Waals surface area contributed by atoms with E-state index in [4.69, 9.17) is 0 Å². The van der Waals surface area contributed by atoms with E-state index in [1.165, 1.54) is 6.20 Å². The quantitative estimate of drug-likeness (QED) is 0.737. The summed E-state index contributed by atoms with van der Waals surface area (Å²) in [5.74, 6) is 0. The summed E-state index contributed by atoms with van der Waals surface area (Å²) in [5, 5.41) is 3.02. The number of nitrogens with zero attached hydrogens (tertiary/aromatic N) is 2. The molecule has 0 unspecified atom stereocenters. The molecule has 0 saturated heterocycles. The van der Waals surface area contributed by atoms with Gasteiger partial charge in [-0.25, -0.2) is 13.1 Å². The van der Waals surface area contributed by atoms with Crippen LogP contribution in [0.15, 0.2) is 23.4 Å². The van der Waals surface area contributed by atoms with Crippen LogP contribution in [0, 0.1) is 0 Å². The topological polar surface area (TPSA) is 74.3 Å². The van der Waals surface area contributed by atoms with Crippen LogP contribution in [0.1, 0.15) is 13.8 Å². The third-order valence-electron chi connectivity index (χ3n) is 2.77. The van der Waals surface area contributed by atoms with E-state index in [-0.39, 0.29) is 4.90 Å². The third-order valence-corrected chi connectivity index (χ3v) is 4.26. The van der Waals surface area contributed by atoms with E-state index in [2.05, 4.69) is 15.0 Å². The summed E-state index contributed by atoms with van der Waals surface area (Å²) >= 11 is 0. The van der Waals surface area contributed by atoms with Crippen molar-refractivity contribution < 1.29 is 8.42 Å². The lowest BCUT2D eigenvalue weighted by Gasteiger charge is -2.15. The Balaban J connectivity index is 2.77. The van der Waals surface area contributed by atoms with Crippen LogP contribution in [-0.4, -0.2) is 51.5 Å². The van der Waals surface area contributed by atoms with Gasteiger partial charge in [-0.1, -0.05) is 6.92 Å². The summed E-state index contributed by atoms with van der Waals surface area (Å²) in [7, 11) is -1.57. The number of pyridine rings is 1. The van der Waals surface area contributed by atoms with Crippen LogP contribution in [0.5, 0.6) is 0 Å². The molecule has 0 spiro atoms. The standard InChI is InChI=1S/C12H22N4O2S/c1-4-14-11-6-7-13-10-12(11)19(17,18)15-8-9-16(3)5-2/h6-7,10,15H,4-5,8-9H2,1-3H3,(H,13,14). The molecule has 19 heavy (non-hydrogen) atoms. The fourth-order valence-corrected chi connectivity index (χ4v) is 2.68. The molecule has 1 aromatic heterocycles. The average Bonchev–Trinajstić information content (AvgIpc) is 2.39. The Labute approximate surface area is 115 Å².